The van der Waals surface area contributed by atoms with Gasteiger partial charge in [-0.05, 0) is 0 Å². The summed E-state index contributed by atoms with van der Waals surface area (Å²) in [6.45, 7) is 0.129. The average Bonchev–Trinajstić information content (AvgIpc) is 2.86. The van der Waals surface area contributed by atoms with E-state index in [2.05, 4.69) is 5.10 Å². The molecule has 1 heterocycles. The van der Waals surface area contributed by atoms with Gasteiger partial charge >= 0.3 is 6.18 Å². The number of nitrogens with zero attached hydrogens (tertiary/aromatic N) is 2. The Morgan fingerprint density at radius 3 is 2.47 bits per heavy atom. The Kier molecular flexibility index (Phi) is 3.69. The van der Waals surface area contributed by atoms with Crippen molar-refractivity contribution in [1.82, 2.24) is 9.78 Å². The lowest BCUT2D eigenvalue weighted by atomic mass is 10.1. The van der Waals surface area contributed by atoms with Crippen molar-refractivity contribution in [3.05, 3.63) is 53.9 Å². The summed E-state index contributed by atoms with van der Waals surface area (Å²) in [6.07, 6.45) is -2.63. The van der Waals surface area contributed by atoms with Crippen molar-refractivity contribution >= 4 is 5.78 Å². The largest absolute Gasteiger partial charge is 0.419 e. The van der Waals surface area contributed by atoms with Crippen LogP contribution in [0.1, 0.15) is 22.3 Å². The predicted octanol–water partition coefficient (Wildman–Crippen LogP) is 3.17. The zero-order valence-corrected chi connectivity index (χ0v) is 9.89. The molecular formula is C13H11F3N2O. The lowest BCUT2D eigenvalue weighted by Gasteiger charge is -2.02. The first-order valence-corrected chi connectivity index (χ1v) is 5.65. The van der Waals surface area contributed by atoms with Crippen molar-refractivity contribution in [1.29, 1.82) is 0 Å². The SMILES string of the molecule is O=C(CCn1cc(C(F)(F)F)cn1)c1ccccc1. The summed E-state index contributed by atoms with van der Waals surface area (Å²) in [5, 5.41) is 3.59. The maximum Gasteiger partial charge on any atom is 0.419 e. The molecule has 0 N–H and O–H groups in total. The molecule has 19 heavy (non-hydrogen) atoms. The number of aryl methyl sites for hydroxylation is 1. The number of ketones is 1. The first kappa shape index (κ1) is 13.3. The molecule has 0 saturated heterocycles. The van der Waals surface area contributed by atoms with Crippen molar-refractivity contribution in [3.63, 3.8) is 0 Å². The van der Waals surface area contributed by atoms with Crippen molar-refractivity contribution in [2.75, 3.05) is 0 Å². The maximum atomic E-state index is 12.3. The standard InChI is InChI=1S/C13H11F3N2O/c14-13(15,16)11-8-17-18(9-11)7-6-12(19)10-4-2-1-3-5-10/h1-5,8-9H,6-7H2. The molecule has 0 radical (unpaired) electrons. The van der Waals surface area contributed by atoms with Gasteiger partial charge in [0.1, 0.15) is 0 Å². The molecule has 0 aliphatic heterocycles. The summed E-state index contributed by atoms with van der Waals surface area (Å²) in [5.41, 5.74) is -0.259. The number of alkyl halides is 3. The van der Waals surface area contributed by atoms with E-state index in [0.29, 0.717) is 5.56 Å². The van der Waals surface area contributed by atoms with Crippen LogP contribution >= 0.6 is 0 Å². The van der Waals surface area contributed by atoms with E-state index in [-0.39, 0.29) is 18.7 Å². The van der Waals surface area contributed by atoms with Crippen LogP contribution in [0.3, 0.4) is 0 Å². The molecule has 2 rings (SSSR count). The molecule has 0 atom stereocenters. The normalized spacial score (nSPS) is 11.5. The Morgan fingerprint density at radius 2 is 1.89 bits per heavy atom. The number of Topliss-reactive ketones (excluding diaryl/α,β-unsaturated/α-hetero) is 1. The fourth-order valence-corrected chi connectivity index (χ4v) is 1.62. The monoisotopic (exact) mass is 268 g/mol. The maximum absolute atomic E-state index is 12.3. The molecule has 1 aromatic carbocycles. The van der Waals surface area contributed by atoms with Gasteiger partial charge in [0.25, 0.3) is 0 Å². The van der Waals surface area contributed by atoms with E-state index in [9.17, 15) is 18.0 Å². The molecule has 0 amide bonds. The third kappa shape index (κ3) is 3.43. The highest BCUT2D eigenvalue weighted by atomic mass is 19.4. The summed E-state index contributed by atoms with van der Waals surface area (Å²) < 4.78 is 38.2. The summed E-state index contributed by atoms with van der Waals surface area (Å²) in [6, 6.07) is 8.62. The lowest BCUT2D eigenvalue weighted by Crippen LogP contribution is -2.07. The van der Waals surface area contributed by atoms with Gasteiger partial charge in [0.05, 0.1) is 11.8 Å². The van der Waals surface area contributed by atoms with Crippen molar-refractivity contribution in [2.45, 2.75) is 19.1 Å². The van der Waals surface area contributed by atoms with Crippen LogP contribution in [0.25, 0.3) is 0 Å². The molecule has 0 aliphatic rings. The van der Waals surface area contributed by atoms with Crippen molar-refractivity contribution in [3.8, 4) is 0 Å². The topological polar surface area (TPSA) is 34.9 Å². The van der Waals surface area contributed by atoms with E-state index >= 15 is 0 Å². The van der Waals surface area contributed by atoms with E-state index in [1.165, 1.54) is 0 Å². The second-order valence-corrected chi connectivity index (χ2v) is 4.03. The molecule has 100 valence electrons. The molecule has 0 saturated carbocycles. The van der Waals surface area contributed by atoms with Crippen molar-refractivity contribution < 1.29 is 18.0 Å². The Hall–Kier alpha value is -2.11. The number of hydrogen-bond donors (Lipinski definition) is 0. The van der Waals surface area contributed by atoms with Gasteiger partial charge in [-0.15, -0.1) is 0 Å². The van der Waals surface area contributed by atoms with E-state index in [4.69, 9.17) is 0 Å². The van der Waals surface area contributed by atoms with Crippen LogP contribution in [0, 0.1) is 0 Å². The van der Waals surface area contributed by atoms with Crippen LogP contribution in [0.2, 0.25) is 0 Å². The minimum absolute atomic E-state index is 0.114. The van der Waals surface area contributed by atoms with Gasteiger partial charge in [0.2, 0.25) is 0 Å². The van der Waals surface area contributed by atoms with Crippen LogP contribution in [0.4, 0.5) is 13.2 Å². The highest BCUT2D eigenvalue weighted by Gasteiger charge is 2.32. The molecule has 2 aromatic rings. The summed E-state index contributed by atoms with van der Waals surface area (Å²) in [7, 11) is 0. The van der Waals surface area contributed by atoms with Crippen LogP contribution in [0.5, 0.6) is 0 Å². The van der Waals surface area contributed by atoms with E-state index in [1.807, 2.05) is 0 Å². The number of aromatic nitrogens is 2. The molecule has 0 aliphatic carbocycles. The third-order valence-corrected chi connectivity index (χ3v) is 2.62. The molecular weight excluding hydrogens is 257 g/mol. The molecule has 0 unspecified atom stereocenters. The minimum atomic E-state index is -4.40. The highest BCUT2D eigenvalue weighted by Crippen LogP contribution is 2.28. The van der Waals surface area contributed by atoms with Crippen LogP contribution < -0.4 is 0 Å². The zero-order valence-electron chi connectivity index (χ0n) is 9.89. The zero-order chi connectivity index (χ0) is 13.9. The summed E-state index contributed by atoms with van der Waals surface area (Å²) in [5.74, 6) is -0.121. The Bertz CT molecular complexity index is 561. The molecule has 0 fully saturated rings. The Balaban J connectivity index is 1.96. The van der Waals surface area contributed by atoms with Gasteiger partial charge in [0.15, 0.2) is 5.78 Å². The van der Waals surface area contributed by atoms with Crippen LogP contribution in [-0.4, -0.2) is 15.6 Å². The number of benzene rings is 1. The molecule has 1 aromatic heterocycles. The number of carbonyl (C=O) groups excluding carboxylic acids is 1. The third-order valence-electron chi connectivity index (χ3n) is 2.62. The average molecular weight is 268 g/mol. The summed E-state index contributed by atoms with van der Waals surface area (Å²) >= 11 is 0. The number of hydrogen-bond acceptors (Lipinski definition) is 2. The first-order valence-electron chi connectivity index (χ1n) is 5.65. The first-order chi connectivity index (χ1) is 8.97. The fourth-order valence-electron chi connectivity index (χ4n) is 1.62. The van der Waals surface area contributed by atoms with Gasteiger partial charge in [-0.25, -0.2) is 0 Å². The minimum Gasteiger partial charge on any atom is -0.294 e. The van der Waals surface area contributed by atoms with Gasteiger partial charge < -0.3 is 0 Å². The summed E-state index contributed by atoms with van der Waals surface area (Å²) in [4.78, 5) is 11.8. The lowest BCUT2D eigenvalue weighted by molar-refractivity contribution is -0.137. The van der Waals surface area contributed by atoms with Gasteiger partial charge in [-0.3, -0.25) is 9.48 Å². The van der Waals surface area contributed by atoms with E-state index in [1.54, 1.807) is 30.3 Å². The number of halogens is 3. The smallest absolute Gasteiger partial charge is 0.294 e. The molecule has 6 heteroatoms. The second kappa shape index (κ2) is 5.26. The van der Waals surface area contributed by atoms with Gasteiger partial charge in [-0.2, -0.15) is 18.3 Å². The highest BCUT2D eigenvalue weighted by molar-refractivity contribution is 5.95. The predicted molar refractivity (Wildman–Crippen MR) is 62.6 cm³/mol. The van der Waals surface area contributed by atoms with Crippen LogP contribution in [-0.2, 0) is 12.7 Å². The molecule has 0 spiro atoms. The van der Waals surface area contributed by atoms with Gasteiger partial charge in [0, 0.05) is 24.7 Å². The van der Waals surface area contributed by atoms with E-state index < -0.39 is 11.7 Å². The number of carbonyl (C=O) groups is 1. The van der Waals surface area contributed by atoms with Crippen LogP contribution in [0.15, 0.2) is 42.7 Å². The van der Waals surface area contributed by atoms with E-state index in [0.717, 1.165) is 17.1 Å². The van der Waals surface area contributed by atoms with Crippen molar-refractivity contribution in [2.24, 2.45) is 0 Å². The Labute approximate surface area is 107 Å². The number of rotatable bonds is 4. The molecule has 0 bridgehead atoms. The second-order valence-electron chi connectivity index (χ2n) is 4.03. The van der Waals surface area contributed by atoms with Gasteiger partial charge in [-0.1, -0.05) is 30.3 Å². The quantitative estimate of drug-likeness (QED) is 0.798. The fraction of sp³-hybridized carbons (Fsp3) is 0.231. The Morgan fingerprint density at radius 1 is 1.21 bits per heavy atom. The molecule has 3 nitrogen and oxygen atoms in total.